The predicted octanol–water partition coefficient (Wildman–Crippen LogP) is 4.29. The third-order valence-electron chi connectivity index (χ3n) is 6.19. The second-order valence-corrected chi connectivity index (χ2v) is 10.7. The number of urea groups is 1. The van der Waals surface area contributed by atoms with Gasteiger partial charge in [0.15, 0.2) is 9.92 Å². The number of hydrogen-bond donors (Lipinski definition) is 3. The monoisotopic (exact) mass is 431 g/mol. The molecule has 4 N–H and O–H groups in total. The summed E-state index contributed by atoms with van der Waals surface area (Å²) in [7, 11) is -3.60. The van der Waals surface area contributed by atoms with Crippen LogP contribution in [-0.2, 0) is 34.8 Å². The summed E-state index contributed by atoms with van der Waals surface area (Å²) in [5.41, 5.74) is 4.98. The molecule has 0 saturated heterocycles. The Hall–Kier alpha value is -2.16. The molecule has 1 heterocycles. The van der Waals surface area contributed by atoms with E-state index >= 15 is 0 Å². The van der Waals surface area contributed by atoms with Crippen LogP contribution in [0.4, 0.5) is 10.5 Å². The van der Waals surface area contributed by atoms with E-state index in [4.69, 9.17) is 9.56 Å². The van der Waals surface area contributed by atoms with Gasteiger partial charge < -0.3 is 14.8 Å². The molecular formula is C22H29N3O4S. The lowest BCUT2D eigenvalue weighted by Gasteiger charge is -2.16. The van der Waals surface area contributed by atoms with E-state index in [0.717, 1.165) is 48.9 Å². The zero-order valence-electron chi connectivity index (χ0n) is 17.9. The number of aliphatic hydroxyl groups is 1. The molecule has 2 aromatic rings. The van der Waals surface area contributed by atoms with Crippen molar-refractivity contribution >= 4 is 21.6 Å². The minimum atomic E-state index is -3.60. The highest BCUT2D eigenvalue weighted by atomic mass is 32.2. The zero-order chi connectivity index (χ0) is 21.8. The maximum Gasteiger partial charge on any atom is 0.354 e. The number of aryl methyl sites for hydroxylation is 2. The van der Waals surface area contributed by atoms with Crippen molar-refractivity contribution in [1.29, 1.82) is 0 Å². The number of nitrogens with two attached hydrogens (primary N) is 1. The van der Waals surface area contributed by atoms with Gasteiger partial charge in [-0.15, -0.1) is 4.36 Å². The van der Waals surface area contributed by atoms with E-state index in [2.05, 4.69) is 22.7 Å². The molecular weight excluding hydrogens is 402 g/mol. The highest BCUT2D eigenvalue weighted by molar-refractivity contribution is 7.91. The number of fused-ring (bicyclic) bond motifs is 2. The molecule has 1 aromatic carbocycles. The van der Waals surface area contributed by atoms with E-state index in [-0.39, 0.29) is 5.09 Å². The summed E-state index contributed by atoms with van der Waals surface area (Å²) in [5.74, 6) is 0.850. The molecule has 0 radical (unpaired) electrons. The predicted molar refractivity (Wildman–Crippen MR) is 116 cm³/mol. The molecule has 0 spiro atoms. The molecule has 8 heteroatoms. The molecule has 0 saturated carbocycles. The fourth-order valence-corrected chi connectivity index (χ4v) is 5.61. The van der Waals surface area contributed by atoms with Crippen molar-refractivity contribution in [3.05, 3.63) is 45.7 Å². The summed E-state index contributed by atoms with van der Waals surface area (Å²) in [4.78, 5) is 12.7. The molecule has 0 unspecified atom stereocenters. The Bertz CT molecular complexity index is 1150. The van der Waals surface area contributed by atoms with Gasteiger partial charge in [-0.1, -0.05) is 13.0 Å². The normalized spacial score (nSPS) is 19.9. The van der Waals surface area contributed by atoms with Crippen molar-refractivity contribution in [1.82, 2.24) is 0 Å². The first-order chi connectivity index (χ1) is 14.0. The number of carbonyl (C=O) groups is 1. The molecule has 0 aliphatic heterocycles. The van der Waals surface area contributed by atoms with Crippen LogP contribution in [0.1, 0.15) is 73.1 Å². The van der Waals surface area contributed by atoms with Crippen molar-refractivity contribution in [2.75, 3.05) is 5.32 Å². The maximum absolute atomic E-state index is 13.0. The molecule has 30 heavy (non-hydrogen) atoms. The van der Waals surface area contributed by atoms with Gasteiger partial charge in [-0.25, -0.2) is 14.1 Å². The third kappa shape index (κ3) is 3.68. The molecule has 2 amide bonds. The first kappa shape index (κ1) is 21.1. The van der Waals surface area contributed by atoms with Crippen molar-refractivity contribution in [3.63, 3.8) is 0 Å². The Morgan fingerprint density at radius 2 is 2.03 bits per heavy atom. The Labute approximate surface area is 177 Å². The van der Waals surface area contributed by atoms with E-state index in [0.29, 0.717) is 17.2 Å². The van der Waals surface area contributed by atoms with Crippen LogP contribution < -0.4 is 10.5 Å². The van der Waals surface area contributed by atoms with E-state index < -0.39 is 21.5 Å². The number of anilines is 1. The fraction of sp³-hybridized carbons (Fsp3) is 0.500. The van der Waals surface area contributed by atoms with Gasteiger partial charge in [-0.05, 0) is 81.0 Å². The second-order valence-electron chi connectivity index (χ2n) is 8.93. The van der Waals surface area contributed by atoms with Gasteiger partial charge in [0.1, 0.15) is 5.76 Å². The van der Waals surface area contributed by atoms with Crippen molar-refractivity contribution in [3.8, 4) is 0 Å². The van der Waals surface area contributed by atoms with Gasteiger partial charge in [0, 0.05) is 17.3 Å². The Morgan fingerprint density at radius 3 is 2.70 bits per heavy atom. The fourth-order valence-electron chi connectivity index (χ4n) is 4.69. The molecule has 4 rings (SSSR count). The van der Waals surface area contributed by atoms with Gasteiger partial charge in [-0.2, -0.15) is 0 Å². The van der Waals surface area contributed by atoms with E-state index in [1.165, 1.54) is 17.2 Å². The minimum Gasteiger partial charge on any atom is -0.450 e. The molecule has 0 fully saturated rings. The average Bonchev–Trinajstić information content (AvgIpc) is 3.33. The van der Waals surface area contributed by atoms with Crippen LogP contribution in [-0.4, -0.2) is 15.3 Å². The van der Waals surface area contributed by atoms with Gasteiger partial charge in [0.25, 0.3) is 0 Å². The topological polar surface area (TPSA) is 118 Å². The summed E-state index contributed by atoms with van der Waals surface area (Å²) in [6.07, 6.45) is 4.94. The van der Waals surface area contributed by atoms with Crippen LogP contribution in [0.3, 0.4) is 0 Å². The number of nitrogens with zero attached hydrogens (tertiary/aromatic N) is 1. The lowest BCUT2D eigenvalue weighted by molar-refractivity contribution is 0.0769. The second kappa shape index (κ2) is 7.21. The van der Waals surface area contributed by atoms with Gasteiger partial charge in [0.05, 0.1) is 5.60 Å². The molecule has 162 valence electrons. The Kier molecular flexibility index (Phi) is 5.07. The number of hydrogen-bond acceptors (Lipinski definition) is 4. The number of rotatable bonds is 3. The highest BCUT2D eigenvalue weighted by Gasteiger charge is 2.29. The average molecular weight is 432 g/mol. The van der Waals surface area contributed by atoms with Crippen LogP contribution in [0.5, 0.6) is 0 Å². The zero-order valence-corrected chi connectivity index (χ0v) is 18.7. The number of benzene rings is 1. The number of carbonyl (C=O) groups excluding carboxylic acids is 1. The van der Waals surface area contributed by atoms with Crippen molar-refractivity contribution in [2.24, 2.45) is 9.50 Å². The summed E-state index contributed by atoms with van der Waals surface area (Å²) in [6, 6.07) is 2.95. The molecule has 2 aliphatic carbocycles. The van der Waals surface area contributed by atoms with Crippen LogP contribution >= 0.6 is 0 Å². The SMILES string of the molecule is Cc1oc([S@@](N)(=O)=NC(=O)Nc2c3c(cc4c2CC[C@H]4C)CCC3)cc1C(C)(C)O. The Morgan fingerprint density at radius 1 is 1.30 bits per heavy atom. The maximum atomic E-state index is 13.0. The highest BCUT2D eigenvalue weighted by Crippen LogP contribution is 2.43. The summed E-state index contributed by atoms with van der Waals surface area (Å²) < 4.78 is 22.2. The number of amides is 2. The molecule has 7 nitrogen and oxygen atoms in total. The number of nitrogens with one attached hydrogen (secondary N) is 1. The van der Waals surface area contributed by atoms with Crippen LogP contribution in [0, 0.1) is 6.92 Å². The molecule has 1 aromatic heterocycles. The van der Waals surface area contributed by atoms with Crippen LogP contribution in [0.15, 0.2) is 26.0 Å². The lowest BCUT2D eigenvalue weighted by Crippen LogP contribution is -2.19. The summed E-state index contributed by atoms with van der Waals surface area (Å²) in [5, 5.41) is 18.9. The standard InChI is InChI=1S/C22H29N3O4S/c1-12-8-9-16-17(12)10-14-6-5-7-15(14)20(16)24-21(26)25-30(23,28)19-11-18(13(2)29-19)22(3,4)27/h10-12,27H,5-9H2,1-4H3,(H3,23,24,25,26,28)/t12-,30+/m1/s1. The van der Waals surface area contributed by atoms with Crippen molar-refractivity contribution < 1.29 is 18.5 Å². The third-order valence-corrected chi connectivity index (χ3v) is 7.41. The first-order valence-electron chi connectivity index (χ1n) is 10.3. The van der Waals surface area contributed by atoms with E-state index in [1.807, 2.05) is 0 Å². The quantitative estimate of drug-likeness (QED) is 0.672. The first-order valence-corrected chi connectivity index (χ1v) is 11.9. The van der Waals surface area contributed by atoms with E-state index in [1.54, 1.807) is 20.8 Å². The summed E-state index contributed by atoms with van der Waals surface area (Å²) in [6.45, 7) is 7.03. The van der Waals surface area contributed by atoms with Crippen molar-refractivity contribution in [2.45, 2.75) is 76.4 Å². The van der Waals surface area contributed by atoms with Crippen LogP contribution in [0.25, 0.3) is 0 Å². The lowest BCUT2D eigenvalue weighted by atomic mass is 9.96. The largest absolute Gasteiger partial charge is 0.450 e. The summed E-state index contributed by atoms with van der Waals surface area (Å²) >= 11 is 0. The minimum absolute atomic E-state index is 0.121. The van der Waals surface area contributed by atoms with Crippen LogP contribution in [0.2, 0.25) is 0 Å². The molecule has 0 bridgehead atoms. The molecule has 2 atom stereocenters. The van der Waals surface area contributed by atoms with E-state index in [9.17, 15) is 14.1 Å². The number of furan rings is 1. The van der Waals surface area contributed by atoms with Gasteiger partial charge in [0.2, 0.25) is 5.09 Å². The Balaban J connectivity index is 1.68. The molecule has 2 aliphatic rings. The smallest absolute Gasteiger partial charge is 0.354 e. The van der Waals surface area contributed by atoms with Gasteiger partial charge in [-0.3, -0.25) is 0 Å². The van der Waals surface area contributed by atoms with Gasteiger partial charge >= 0.3 is 6.03 Å².